The van der Waals surface area contributed by atoms with Gasteiger partial charge in [0.2, 0.25) is 0 Å². The number of fused-ring (bicyclic) bond motifs is 10. The molecule has 0 spiro atoms. The third kappa shape index (κ3) is 4.41. The summed E-state index contributed by atoms with van der Waals surface area (Å²) in [5.41, 5.74) is 19.7. The Morgan fingerprint density at radius 1 is 0.643 bits per heavy atom. The maximum absolute atomic E-state index is 6.74. The molecule has 1 aromatic heterocycles. The molecule has 4 aliphatic rings. The van der Waals surface area contributed by atoms with E-state index >= 15 is 0 Å². The van der Waals surface area contributed by atoms with Crippen LogP contribution in [-0.4, -0.2) is 14.9 Å². The summed E-state index contributed by atoms with van der Waals surface area (Å²) in [7, 11) is -2.04. The maximum atomic E-state index is 6.74. The van der Waals surface area contributed by atoms with Gasteiger partial charge in [-0.1, -0.05) is 134 Å². The molecule has 56 heavy (non-hydrogen) atoms. The molecule has 0 unspecified atom stereocenters. The molecule has 0 amide bonds. The number of benzene rings is 6. The average Bonchev–Trinajstić information content (AvgIpc) is 3.52. The number of furan rings is 1. The molecule has 11 rings (SSSR count). The largest absolute Gasteiger partial charge is 0.456 e. The standard InChI is InChI=1S/C51H51BN2OSi/c1-30-24-36-37(51(7,8)23-22-50(36,5)6)28-40(30)53-41-29-44-34(32-16-11-13-19-43(32)55-44)27-38(41)52-47-35(25-31(26-42(47)53)49(2,3)4)33-17-15-21-46-48(33)54(52)39-18-12-14-20-45(39)56(46,9)10/h11-21,24-29H,22-23H2,1-10H3. The molecule has 278 valence electrons. The SMILES string of the molecule is Cc1cc2c(cc1N1c3cc4oc5ccccc5c4cc3B3c4c(cc(C(C)(C)C)cc41)-c1cccc4c1N3c1ccccc1[Si]4(C)C)C(C)(C)CCC2(C)C. The lowest BCUT2D eigenvalue weighted by Crippen LogP contribution is -2.68. The van der Waals surface area contributed by atoms with Crippen LogP contribution in [-0.2, 0) is 16.2 Å². The lowest BCUT2D eigenvalue weighted by atomic mass is 9.43. The number of hydrogen-bond acceptors (Lipinski definition) is 3. The fourth-order valence-electron chi connectivity index (χ4n) is 11.0. The molecular weight excluding hydrogens is 695 g/mol. The predicted molar refractivity (Wildman–Crippen MR) is 243 cm³/mol. The van der Waals surface area contributed by atoms with E-state index in [2.05, 4.69) is 181 Å². The second-order valence-corrected chi connectivity index (χ2v) is 24.4. The molecule has 5 heteroatoms. The van der Waals surface area contributed by atoms with Crippen LogP contribution >= 0.6 is 0 Å². The van der Waals surface area contributed by atoms with Gasteiger partial charge in [0.25, 0.3) is 0 Å². The molecule has 3 nitrogen and oxygen atoms in total. The molecule has 7 aromatic rings. The second-order valence-electron chi connectivity index (χ2n) is 20.1. The first-order chi connectivity index (χ1) is 26.6. The Kier molecular flexibility index (Phi) is 6.66. The van der Waals surface area contributed by atoms with Gasteiger partial charge < -0.3 is 14.1 Å². The quantitative estimate of drug-likeness (QED) is 0.156. The second kappa shape index (κ2) is 10.9. The third-order valence-corrected chi connectivity index (χ3v) is 17.9. The number of nitrogens with zero attached hydrogens (tertiary/aromatic N) is 2. The average molecular weight is 747 g/mol. The van der Waals surface area contributed by atoms with E-state index < -0.39 is 8.07 Å². The molecule has 0 atom stereocenters. The van der Waals surface area contributed by atoms with Crippen molar-refractivity contribution in [1.29, 1.82) is 0 Å². The van der Waals surface area contributed by atoms with Crippen molar-refractivity contribution in [2.24, 2.45) is 0 Å². The van der Waals surface area contributed by atoms with Crippen molar-refractivity contribution in [2.45, 2.75) is 97.6 Å². The van der Waals surface area contributed by atoms with Crippen LogP contribution in [0.3, 0.4) is 0 Å². The summed E-state index contributed by atoms with van der Waals surface area (Å²) in [6.07, 6.45) is 2.37. The van der Waals surface area contributed by atoms with Gasteiger partial charge in [-0.15, -0.1) is 0 Å². The van der Waals surface area contributed by atoms with Crippen molar-refractivity contribution in [3.05, 3.63) is 125 Å². The van der Waals surface area contributed by atoms with Crippen LogP contribution < -0.4 is 31.0 Å². The highest BCUT2D eigenvalue weighted by molar-refractivity contribution is 7.05. The van der Waals surface area contributed by atoms with Crippen molar-refractivity contribution in [3.63, 3.8) is 0 Å². The number of anilines is 5. The van der Waals surface area contributed by atoms with Crippen LogP contribution in [0, 0.1) is 6.92 Å². The highest BCUT2D eigenvalue weighted by atomic mass is 28.3. The summed E-state index contributed by atoms with van der Waals surface area (Å²) < 4.78 is 6.74. The zero-order chi connectivity index (χ0) is 38.8. The van der Waals surface area contributed by atoms with Gasteiger partial charge in [0.15, 0.2) is 0 Å². The minimum Gasteiger partial charge on any atom is -0.456 e. The maximum Gasteiger partial charge on any atom is 0.333 e. The summed E-state index contributed by atoms with van der Waals surface area (Å²) in [5.74, 6) is 0. The minimum absolute atomic E-state index is 0.0217. The van der Waals surface area contributed by atoms with E-state index in [-0.39, 0.29) is 23.1 Å². The van der Waals surface area contributed by atoms with Crippen LogP contribution in [0.15, 0.2) is 108 Å². The van der Waals surface area contributed by atoms with E-state index in [0.717, 1.165) is 11.2 Å². The summed E-state index contributed by atoms with van der Waals surface area (Å²) in [4.78, 5) is 5.39. The normalized spacial score (nSPS) is 18.0. The first-order valence-electron chi connectivity index (χ1n) is 20.7. The van der Waals surface area contributed by atoms with E-state index in [1.165, 1.54) is 107 Å². The lowest BCUT2D eigenvalue weighted by molar-refractivity contribution is 0.332. The molecule has 6 aromatic carbocycles. The molecule has 0 radical (unpaired) electrons. The highest BCUT2D eigenvalue weighted by Gasteiger charge is 2.51. The van der Waals surface area contributed by atoms with Crippen LogP contribution in [0.4, 0.5) is 28.4 Å². The number of hydrogen-bond donors (Lipinski definition) is 0. The van der Waals surface area contributed by atoms with Gasteiger partial charge in [-0.3, -0.25) is 0 Å². The fraction of sp³-hybridized carbons (Fsp3) is 0.294. The Balaban J connectivity index is 1.32. The topological polar surface area (TPSA) is 19.6 Å². The summed E-state index contributed by atoms with van der Waals surface area (Å²) in [6, 6.07) is 40.1. The number of rotatable bonds is 1. The van der Waals surface area contributed by atoms with Gasteiger partial charge in [0.05, 0.1) is 0 Å². The smallest absolute Gasteiger partial charge is 0.333 e. The predicted octanol–water partition coefficient (Wildman–Crippen LogP) is 11.4. The summed E-state index contributed by atoms with van der Waals surface area (Å²) in [5, 5.41) is 5.38. The fourth-order valence-corrected chi connectivity index (χ4v) is 14.0. The van der Waals surface area contributed by atoms with Gasteiger partial charge in [-0.2, -0.15) is 0 Å². The van der Waals surface area contributed by atoms with Crippen molar-refractivity contribution in [3.8, 4) is 11.1 Å². The van der Waals surface area contributed by atoms with E-state index in [9.17, 15) is 0 Å². The highest BCUT2D eigenvalue weighted by Crippen LogP contribution is 2.53. The molecule has 0 saturated heterocycles. The van der Waals surface area contributed by atoms with Crippen LogP contribution in [0.2, 0.25) is 13.1 Å². The van der Waals surface area contributed by atoms with Gasteiger partial charge in [-0.05, 0) is 109 Å². The summed E-state index contributed by atoms with van der Waals surface area (Å²) >= 11 is 0. The van der Waals surface area contributed by atoms with Gasteiger partial charge >= 0.3 is 6.85 Å². The lowest BCUT2D eigenvalue weighted by Gasteiger charge is -2.51. The Morgan fingerprint density at radius 3 is 2.11 bits per heavy atom. The Bertz CT molecular complexity index is 2870. The van der Waals surface area contributed by atoms with E-state index in [4.69, 9.17) is 4.42 Å². The zero-order valence-electron chi connectivity index (χ0n) is 34.6. The van der Waals surface area contributed by atoms with Crippen LogP contribution in [0.25, 0.3) is 33.1 Å². The first kappa shape index (κ1) is 34.3. The molecule has 0 saturated carbocycles. The zero-order valence-corrected chi connectivity index (χ0v) is 35.6. The molecule has 1 aliphatic carbocycles. The first-order valence-corrected chi connectivity index (χ1v) is 23.7. The van der Waals surface area contributed by atoms with Crippen molar-refractivity contribution >= 4 is 86.6 Å². The van der Waals surface area contributed by atoms with Gasteiger partial charge in [0, 0.05) is 50.8 Å². The van der Waals surface area contributed by atoms with Gasteiger partial charge in [-0.25, -0.2) is 0 Å². The van der Waals surface area contributed by atoms with Crippen LogP contribution in [0.5, 0.6) is 0 Å². The third-order valence-electron chi connectivity index (χ3n) is 14.3. The molecule has 0 N–H and O–H groups in total. The number of aryl methyl sites for hydroxylation is 1. The van der Waals surface area contributed by atoms with Crippen LogP contribution in [0.1, 0.15) is 83.6 Å². The minimum atomic E-state index is -2.04. The van der Waals surface area contributed by atoms with E-state index in [0.29, 0.717) is 0 Å². The van der Waals surface area contributed by atoms with Crippen molar-refractivity contribution < 1.29 is 4.42 Å². The molecule has 3 aliphatic heterocycles. The molecule has 0 fully saturated rings. The number of para-hydroxylation sites is 3. The van der Waals surface area contributed by atoms with E-state index in [1.54, 1.807) is 0 Å². The Hall–Kier alpha value is -5.00. The van der Waals surface area contributed by atoms with Crippen molar-refractivity contribution in [1.82, 2.24) is 0 Å². The van der Waals surface area contributed by atoms with Gasteiger partial charge in [0.1, 0.15) is 19.2 Å². The Labute approximate surface area is 333 Å². The molecular formula is C51H51BN2OSi. The summed E-state index contributed by atoms with van der Waals surface area (Å²) in [6.45, 7) is 24.3. The molecule has 0 bridgehead atoms. The Morgan fingerprint density at radius 2 is 1.34 bits per heavy atom. The van der Waals surface area contributed by atoms with Crippen molar-refractivity contribution in [2.75, 3.05) is 9.71 Å². The monoisotopic (exact) mass is 746 g/mol. The van der Waals surface area contributed by atoms with E-state index in [1.807, 2.05) is 0 Å². The molecule has 4 heterocycles.